The van der Waals surface area contributed by atoms with Crippen molar-refractivity contribution in [1.82, 2.24) is 14.4 Å². The number of rotatable bonds is 4. The van der Waals surface area contributed by atoms with Crippen LogP contribution < -0.4 is 4.74 Å². The van der Waals surface area contributed by atoms with Crippen molar-refractivity contribution in [2.45, 2.75) is 19.0 Å². The van der Waals surface area contributed by atoms with Gasteiger partial charge in [0.15, 0.2) is 9.84 Å². The largest absolute Gasteiger partial charge is 0.497 e. The van der Waals surface area contributed by atoms with Crippen LogP contribution in [0.5, 0.6) is 5.75 Å². The molecule has 1 aromatic heterocycles. The van der Waals surface area contributed by atoms with Crippen molar-refractivity contribution in [3.05, 3.63) is 30.5 Å². The van der Waals surface area contributed by atoms with Crippen LogP contribution in [0.25, 0.3) is 10.9 Å². The summed E-state index contributed by atoms with van der Waals surface area (Å²) in [4.78, 5) is 16.8. The third kappa shape index (κ3) is 3.82. The van der Waals surface area contributed by atoms with Crippen molar-refractivity contribution < 1.29 is 17.9 Å². The first-order valence-electron chi connectivity index (χ1n) is 9.30. The fourth-order valence-corrected chi connectivity index (χ4v) is 5.85. The average Bonchev–Trinajstić information content (AvgIpc) is 3.24. The fraction of sp³-hybridized carbons (Fsp3) is 0.526. The highest BCUT2D eigenvalue weighted by molar-refractivity contribution is 7.91. The highest BCUT2D eigenvalue weighted by Gasteiger charge is 2.34. The van der Waals surface area contributed by atoms with Crippen molar-refractivity contribution in [2.75, 3.05) is 44.8 Å². The van der Waals surface area contributed by atoms with Crippen LogP contribution >= 0.6 is 0 Å². The number of amides is 1. The van der Waals surface area contributed by atoms with Crippen LogP contribution in [0.2, 0.25) is 0 Å². The van der Waals surface area contributed by atoms with Gasteiger partial charge in [-0.05, 0) is 30.7 Å². The molecule has 1 amide bonds. The maximum Gasteiger partial charge on any atom is 0.242 e. The Morgan fingerprint density at radius 3 is 2.63 bits per heavy atom. The van der Waals surface area contributed by atoms with Gasteiger partial charge < -0.3 is 14.2 Å². The topological polar surface area (TPSA) is 71.8 Å². The van der Waals surface area contributed by atoms with Gasteiger partial charge in [-0.15, -0.1) is 0 Å². The lowest BCUT2D eigenvalue weighted by Crippen LogP contribution is -2.52. The number of carbonyl (C=O) groups is 1. The van der Waals surface area contributed by atoms with E-state index < -0.39 is 9.84 Å². The molecule has 0 saturated carbocycles. The van der Waals surface area contributed by atoms with E-state index in [9.17, 15) is 13.2 Å². The maximum absolute atomic E-state index is 12.7. The van der Waals surface area contributed by atoms with E-state index in [-0.39, 0.29) is 17.7 Å². The number of ether oxygens (including phenoxy) is 1. The number of fused-ring (bicyclic) bond motifs is 1. The zero-order valence-electron chi connectivity index (χ0n) is 15.5. The number of piperazine rings is 1. The molecule has 2 saturated heterocycles. The average molecular weight is 391 g/mol. The molecule has 0 spiro atoms. The molecule has 27 heavy (non-hydrogen) atoms. The summed E-state index contributed by atoms with van der Waals surface area (Å²) in [5.74, 6) is 1.46. The molecule has 2 aromatic rings. The zero-order chi connectivity index (χ0) is 19.0. The molecule has 0 unspecified atom stereocenters. The number of carbonyl (C=O) groups excluding carboxylic acids is 1. The Morgan fingerprint density at radius 2 is 1.96 bits per heavy atom. The van der Waals surface area contributed by atoms with Gasteiger partial charge in [0, 0.05) is 49.3 Å². The zero-order valence-corrected chi connectivity index (χ0v) is 16.3. The van der Waals surface area contributed by atoms with Gasteiger partial charge in [-0.1, -0.05) is 0 Å². The van der Waals surface area contributed by atoms with E-state index in [2.05, 4.69) is 4.90 Å². The Hall–Kier alpha value is -2.06. The summed E-state index contributed by atoms with van der Waals surface area (Å²) in [6, 6.07) is 7.95. The van der Waals surface area contributed by atoms with Crippen molar-refractivity contribution in [3.63, 3.8) is 0 Å². The highest BCUT2D eigenvalue weighted by Crippen LogP contribution is 2.22. The van der Waals surface area contributed by atoms with Crippen LogP contribution in [0.4, 0.5) is 0 Å². The minimum Gasteiger partial charge on any atom is -0.497 e. The molecule has 7 nitrogen and oxygen atoms in total. The van der Waals surface area contributed by atoms with E-state index in [0.717, 1.165) is 36.2 Å². The molecule has 3 heterocycles. The number of nitrogens with zero attached hydrogens (tertiary/aromatic N) is 3. The van der Waals surface area contributed by atoms with Gasteiger partial charge >= 0.3 is 0 Å². The van der Waals surface area contributed by atoms with Gasteiger partial charge in [0.2, 0.25) is 5.91 Å². The Bertz CT molecular complexity index is 945. The summed E-state index contributed by atoms with van der Waals surface area (Å²) in [5.41, 5.74) is 1.01. The second kappa shape index (κ2) is 7.16. The number of methoxy groups -OCH3 is 1. The summed E-state index contributed by atoms with van der Waals surface area (Å²) in [6.07, 6.45) is 2.65. The molecule has 1 atom stereocenters. The number of benzene rings is 1. The Morgan fingerprint density at radius 1 is 1.19 bits per heavy atom. The molecule has 0 aliphatic carbocycles. The quantitative estimate of drug-likeness (QED) is 0.777. The molecule has 1 aromatic carbocycles. The van der Waals surface area contributed by atoms with Crippen LogP contribution in [0.3, 0.4) is 0 Å². The minimum absolute atomic E-state index is 0.0991. The van der Waals surface area contributed by atoms with Gasteiger partial charge in [-0.2, -0.15) is 0 Å². The smallest absolute Gasteiger partial charge is 0.242 e. The lowest BCUT2D eigenvalue weighted by Gasteiger charge is -2.37. The molecule has 2 fully saturated rings. The summed E-state index contributed by atoms with van der Waals surface area (Å²) < 4.78 is 30.6. The normalized spacial score (nSPS) is 23.0. The summed E-state index contributed by atoms with van der Waals surface area (Å²) >= 11 is 0. The number of sulfone groups is 1. The standard InChI is InChI=1S/C19H25N3O4S/c1-26-17-2-3-18-15(12-17)4-6-22(18)13-19(23)21-9-7-20(8-10-21)16-5-11-27(24,25)14-16/h2-4,6,12,16H,5,7-11,13-14H2,1H3/t16-/m1/s1. The lowest BCUT2D eigenvalue weighted by atomic mass is 10.2. The monoisotopic (exact) mass is 391 g/mol. The minimum atomic E-state index is -2.87. The highest BCUT2D eigenvalue weighted by atomic mass is 32.2. The molecular weight excluding hydrogens is 366 g/mol. The Balaban J connectivity index is 1.36. The van der Waals surface area contributed by atoms with E-state index in [4.69, 9.17) is 4.74 Å². The molecule has 2 aliphatic heterocycles. The van der Waals surface area contributed by atoms with Crippen molar-refractivity contribution in [2.24, 2.45) is 0 Å². The molecule has 0 radical (unpaired) electrons. The van der Waals surface area contributed by atoms with Crippen molar-refractivity contribution in [3.8, 4) is 5.75 Å². The van der Waals surface area contributed by atoms with Gasteiger partial charge in [-0.3, -0.25) is 9.69 Å². The van der Waals surface area contributed by atoms with Crippen LogP contribution in [-0.4, -0.2) is 79.5 Å². The van der Waals surface area contributed by atoms with Gasteiger partial charge in [-0.25, -0.2) is 8.42 Å². The van der Waals surface area contributed by atoms with Crippen LogP contribution in [-0.2, 0) is 21.2 Å². The second-order valence-electron chi connectivity index (χ2n) is 7.34. The molecule has 4 rings (SSSR count). The summed E-state index contributed by atoms with van der Waals surface area (Å²) in [5, 5.41) is 1.05. The first-order valence-corrected chi connectivity index (χ1v) is 11.1. The van der Waals surface area contributed by atoms with Crippen molar-refractivity contribution >= 4 is 26.6 Å². The molecule has 0 N–H and O–H groups in total. The number of hydrogen-bond donors (Lipinski definition) is 0. The molecule has 146 valence electrons. The van der Waals surface area contributed by atoms with E-state index >= 15 is 0 Å². The first kappa shape index (κ1) is 18.3. The second-order valence-corrected chi connectivity index (χ2v) is 9.57. The van der Waals surface area contributed by atoms with Crippen LogP contribution in [0.1, 0.15) is 6.42 Å². The molecule has 8 heteroatoms. The number of aromatic nitrogens is 1. The first-order chi connectivity index (χ1) is 12.9. The predicted molar refractivity (Wildman–Crippen MR) is 104 cm³/mol. The van der Waals surface area contributed by atoms with Crippen LogP contribution in [0.15, 0.2) is 30.5 Å². The number of hydrogen-bond acceptors (Lipinski definition) is 5. The molecule has 0 bridgehead atoms. The predicted octanol–water partition coefficient (Wildman–Crippen LogP) is 0.981. The van der Waals surface area contributed by atoms with Gasteiger partial charge in [0.25, 0.3) is 0 Å². The maximum atomic E-state index is 12.7. The fourth-order valence-electron chi connectivity index (χ4n) is 4.09. The lowest BCUT2D eigenvalue weighted by molar-refractivity contribution is -0.133. The van der Waals surface area contributed by atoms with Crippen LogP contribution in [0, 0.1) is 0 Å². The van der Waals surface area contributed by atoms with E-state index in [0.29, 0.717) is 25.4 Å². The SMILES string of the molecule is COc1ccc2c(ccn2CC(=O)N2CCN([C@@H]3CCS(=O)(=O)C3)CC2)c1. The Labute approximate surface area is 159 Å². The van der Waals surface area contributed by atoms with E-state index in [1.165, 1.54) is 0 Å². The van der Waals surface area contributed by atoms with E-state index in [1.807, 2.05) is 39.9 Å². The Kier molecular flexibility index (Phi) is 4.86. The van der Waals surface area contributed by atoms with Gasteiger partial charge in [0.1, 0.15) is 12.3 Å². The summed E-state index contributed by atoms with van der Waals surface area (Å²) in [6.45, 7) is 3.11. The van der Waals surface area contributed by atoms with Gasteiger partial charge in [0.05, 0.1) is 18.6 Å². The molecular formula is C19H25N3O4S. The van der Waals surface area contributed by atoms with E-state index in [1.54, 1.807) is 7.11 Å². The molecule has 2 aliphatic rings. The summed E-state index contributed by atoms with van der Waals surface area (Å²) in [7, 11) is -1.23. The third-order valence-corrected chi connectivity index (χ3v) is 7.43. The van der Waals surface area contributed by atoms with Crippen molar-refractivity contribution in [1.29, 1.82) is 0 Å². The third-order valence-electron chi connectivity index (χ3n) is 5.68.